The van der Waals surface area contributed by atoms with E-state index < -0.39 is 21.4 Å². The van der Waals surface area contributed by atoms with Crippen molar-refractivity contribution in [3.8, 4) is 16.9 Å². The number of benzene rings is 3. The van der Waals surface area contributed by atoms with Crippen LogP contribution in [0.1, 0.15) is 71.3 Å². The number of hydrogen-bond acceptors (Lipinski definition) is 6. The Labute approximate surface area is 283 Å². The standard InChI is InChI=1S/C37H46FN5O4S/c1-4-48(45,46)41-31-16-13-28(14-17-31)33-18-15-29(38)24-34(33)43-36(44)40-35(39-30-10-6-5-7-11-30)37(43)19-21-42(22-20-37)25-27-9-8-12-32(23-27)47-26(2)3/h8-9,12-18,23-24,26,30,41H,4-7,10-11,19-22,25H2,1-3H3,(H,39,40,44). The van der Waals surface area contributed by atoms with Gasteiger partial charge in [0.1, 0.15) is 22.9 Å². The number of likely N-dealkylation sites (tertiary alicyclic amines) is 1. The van der Waals surface area contributed by atoms with Crippen LogP contribution in [0.25, 0.3) is 11.1 Å². The average Bonchev–Trinajstić information content (AvgIpc) is 3.32. The Morgan fingerprint density at radius 2 is 1.75 bits per heavy atom. The van der Waals surface area contributed by atoms with Crippen LogP contribution in [0.3, 0.4) is 0 Å². The fourth-order valence-corrected chi connectivity index (χ4v) is 7.79. The number of piperidine rings is 1. The van der Waals surface area contributed by atoms with Crippen LogP contribution < -0.4 is 19.7 Å². The molecule has 3 fully saturated rings. The molecule has 0 unspecified atom stereocenters. The molecule has 0 radical (unpaired) electrons. The third-order valence-corrected chi connectivity index (χ3v) is 10.9. The number of nitrogens with zero attached hydrogens (tertiary/aromatic N) is 3. The summed E-state index contributed by atoms with van der Waals surface area (Å²) in [6.45, 7) is 7.81. The SMILES string of the molecule is CCS(=O)(=O)Nc1ccc(-c2ccc(F)cc2N2C(=O)NC(=NC3CCCCC3)C23CCN(Cc2cccc(OC(C)C)c2)CC3)cc1. The van der Waals surface area contributed by atoms with Gasteiger partial charge in [0.25, 0.3) is 0 Å². The van der Waals surface area contributed by atoms with Crippen LogP contribution in [0, 0.1) is 5.82 Å². The van der Waals surface area contributed by atoms with Crippen molar-refractivity contribution < 1.29 is 22.3 Å². The van der Waals surface area contributed by atoms with E-state index >= 15 is 4.39 Å². The fraction of sp³-hybridized carbons (Fsp3) is 0.459. The number of carbonyl (C=O) groups is 1. The zero-order valence-electron chi connectivity index (χ0n) is 28.0. The molecule has 0 atom stereocenters. The maximum Gasteiger partial charge on any atom is 0.328 e. The lowest BCUT2D eigenvalue weighted by molar-refractivity contribution is 0.183. The number of rotatable bonds is 10. The van der Waals surface area contributed by atoms with E-state index in [2.05, 4.69) is 27.1 Å². The second-order valence-corrected chi connectivity index (χ2v) is 15.4. The lowest BCUT2D eigenvalue weighted by Gasteiger charge is -2.44. The number of halogens is 1. The third kappa shape index (κ3) is 7.52. The number of hydrogen-bond donors (Lipinski definition) is 2. The van der Waals surface area contributed by atoms with E-state index in [-0.39, 0.29) is 23.9 Å². The minimum Gasteiger partial charge on any atom is -0.491 e. The molecular weight excluding hydrogens is 630 g/mol. The van der Waals surface area contributed by atoms with Gasteiger partial charge in [-0.05, 0) is 100 Å². The lowest BCUT2D eigenvalue weighted by atomic mass is 9.84. The van der Waals surface area contributed by atoms with Crippen LogP contribution in [0.15, 0.2) is 71.7 Å². The van der Waals surface area contributed by atoms with Gasteiger partial charge in [0.05, 0.1) is 23.6 Å². The highest BCUT2D eigenvalue weighted by atomic mass is 32.2. The number of amides is 2. The summed E-state index contributed by atoms with van der Waals surface area (Å²) in [5, 5.41) is 3.14. The normalized spacial score (nSPS) is 19.6. The van der Waals surface area contributed by atoms with Crippen molar-refractivity contribution in [2.24, 2.45) is 4.99 Å². The highest BCUT2D eigenvalue weighted by molar-refractivity contribution is 7.92. The summed E-state index contributed by atoms with van der Waals surface area (Å²) >= 11 is 0. The molecular formula is C37H46FN5O4S. The van der Waals surface area contributed by atoms with Crippen LogP contribution in [-0.4, -0.2) is 61.7 Å². The quantitative estimate of drug-likeness (QED) is 0.234. The Kier molecular flexibility index (Phi) is 10.1. The number of urea groups is 1. The summed E-state index contributed by atoms with van der Waals surface area (Å²) in [7, 11) is -3.44. The number of amidine groups is 1. The molecule has 9 nitrogen and oxygen atoms in total. The molecule has 0 bridgehead atoms. The second-order valence-electron chi connectivity index (χ2n) is 13.4. The molecule has 2 heterocycles. The first-order chi connectivity index (χ1) is 23.0. The van der Waals surface area contributed by atoms with Gasteiger partial charge in [-0.15, -0.1) is 0 Å². The van der Waals surface area contributed by atoms with E-state index in [0.717, 1.165) is 62.2 Å². The summed E-state index contributed by atoms with van der Waals surface area (Å²) in [5.74, 6) is 1.06. The molecule has 0 aromatic heterocycles. The maximum atomic E-state index is 15.1. The average molecular weight is 676 g/mol. The zero-order valence-corrected chi connectivity index (χ0v) is 28.9. The number of nitrogens with one attached hydrogen (secondary N) is 2. The van der Waals surface area contributed by atoms with E-state index in [1.807, 2.05) is 26.0 Å². The molecule has 11 heteroatoms. The Balaban J connectivity index is 1.33. The minimum absolute atomic E-state index is 0.0376. The Morgan fingerprint density at radius 1 is 1.02 bits per heavy atom. The van der Waals surface area contributed by atoms with Gasteiger partial charge >= 0.3 is 6.03 Å². The molecule has 2 amide bonds. The summed E-state index contributed by atoms with van der Waals surface area (Å²) in [5.41, 5.74) is 2.73. The van der Waals surface area contributed by atoms with Crippen molar-refractivity contribution in [3.05, 3.63) is 78.1 Å². The Morgan fingerprint density at radius 3 is 2.44 bits per heavy atom. The fourth-order valence-electron chi connectivity index (χ4n) is 7.15. The van der Waals surface area contributed by atoms with Gasteiger partial charge in [-0.3, -0.25) is 24.8 Å². The molecule has 1 saturated carbocycles. The number of ether oxygens (including phenoxy) is 1. The molecule has 48 heavy (non-hydrogen) atoms. The van der Waals surface area contributed by atoms with Gasteiger partial charge in [-0.1, -0.05) is 43.5 Å². The van der Waals surface area contributed by atoms with Crippen LogP contribution in [0.2, 0.25) is 0 Å². The topological polar surface area (TPSA) is 103 Å². The molecule has 2 saturated heterocycles. The van der Waals surface area contributed by atoms with Gasteiger partial charge in [-0.25, -0.2) is 17.6 Å². The van der Waals surface area contributed by atoms with Crippen molar-refractivity contribution in [1.29, 1.82) is 0 Å². The second kappa shape index (κ2) is 14.3. The van der Waals surface area contributed by atoms with E-state index in [1.165, 1.54) is 18.6 Å². The van der Waals surface area contributed by atoms with Crippen LogP contribution in [-0.2, 0) is 16.6 Å². The summed E-state index contributed by atoms with van der Waals surface area (Å²) in [4.78, 5) is 23.4. The number of aliphatic imine (C=N–C) groups is 1. The molecule has 3 aromatic rings. The molecule has 256 valence electrons. The van der Waals surface area contributed by atoms with Crippen molar-refractivity contribution in [3.63, 3.8) is 0 Å². The largest absolute Gasteiger partial charge is 0.491 e. The smallest absolute Gasteiger partial charge is 0.328 e. The highest BCUT2D eigenvalue weighted by Gasteiger charge is 2.53. The maximum absolute atomic E-state index is 15.1. The monoisotopic (exact) mass is 675 g/mol. The van der Waals surface area contributed by atoms with Crippen molar-refractivity contribution in [1.82, 2.24) is 10.2 Å². The lowest BCUT2D eigenvalue weighted by Crippen LogP contribution is -2.57. The number of carbonyl (C=O) groups excluding carboxylic acids is 1. The Bertz CT molecular complexity index is 1750. The van der Waals surface area contributed by atoms with Gasteiger partial charge in [0, 0.05) is 30.9 Å². The van der Waals surface area contributed by atoms with Gasteiger partial charge in [0.15, 0.2) is 0 Å². The predicted molar refractivity (Wildman–Crippen MR) is 190 cm³/mol. The zero-order chi connectivity index (χ0) is 33.9. The number of anilines is 2. The Hall–Kier alpha value is -3.96. The van der Waals surface area contributed by atoms with Gasteiger partial charge in [-0.2, -0.15) is 0 Å². The van der Waals surface area contributed by atoms with Gasteiger partial charge < -0.3 is 4.74 Å². The van der Waals surface area contributed by atoms with Gasteiger partial charge in [0.2, 0.25) is 10.0 Å². The summed E-state index contributed by atoms with van der Waals surface area (Å²) in [6.07, 6.45) is 6.80. The van der Waals surface area contributed by atoms with Crippen molar-refractivity contribution in [2.45, 2.75) is 89.9 Å². The number of sulfonamides is 1. The molecule has 1 aliphatic carbocycles. The van der Waals surface area contributed by atoms with Crippen LogP contribution in [0.5, 0.6) is 5.75 Å². The molecule has 1 spiro atoms. The summed E-state index contributed by atoms with van der Waals surface area (Å²) < 4.78 is 47.8. The predicted octanol–water partition coefficient (Wildman–Crippen LogP) is 7.34. The van der Waals surface area contributed by atoms with Crippen LogP contribution in [0.4, 0.5) is 20.6 Å². The molecule has 6 rings (SSSR count). The first-order valence-electron chi connectivity index (χ1n) is 17.1. The highest BCUT2D eigenvalue weighted by Crippen LogP contribution is 2.43. The molecule has 2 N–H and O–H groups in total. The first-order valence-corrected chi connectivity index (χ1v) is 18.8. The van der Waals surface area contributed by atoms with Crippen molar-refractivity contribution >= 4 is 33.3 Å². The summed E-state index contributed by atoms with van der Waals surface area (Å²) in [6, 6.07) is 19.5. The first kappa shape index (κ1) is 33.9. The molecule has 3 aliphatic rings. The van der Waals surface area contributed by atoms with E-state index in [0.29, 0.717) is 35.6 Å². The molecule has 3 aromatic carbocycles. The third-order valence-electron chi connectivity index (χ3n) is 9.59. The van der Waals surface area contributed by atoms with Crippen LogP contribution >= 0.6 is 0 Å². The van der Waals surface area contributed by atoms with E-state index in [9.17, 15) is 13.2 Å². The van der Waals surface area contributed by atoms with E-state index in [1.54, 1.807) is 42.2 Å². The minimum atomic E-state index is -3.44. The van der Waals surface area contributed by atoms with Crippen molar-refractivity contribution in [2.75, 3.05) is 28.5 Å². The molecule has 2 aliphatic heterocycles. The van der Waals surface area contributed by atoms with E-state index in [4.69, 9.17) is 9.73 Å².